The molecule has 8 nitrogen and oxygen atoms in total. The molecule has 180 valence electrons. The third-order valence-corrected chi connectivity index (χ3v) is 6.37. The zero-order valence-corrected chi connectivity index (χ0v) is 21.1. The van der Waals surface area contributed by atoms with E-state index in [1.807, 2.05) is 11.6 Å². The van der Waals surface area contributed by atoms with Gasteiger partial charge in [-0.1, -0.05) is 49.3 Å². The summed E-state index contributed by atoms with van der Waals surface area (Å²) in [6.07, 6.45) is 0.671. The van der Waals surface area contributed by atoms with Crippen molar-refractivity contribution in [3.8, 4) is 5.75 Å². The third kappa shape index (κ3) is 6.74. The van der Waals surface area contributed by atoms with Gasteiger partial charge in [0.05, 0.1) is 29.5 Å². The van der Waals surface area contributed by atoms with Gasteiger partial charge >= 0.3 is 0 Å². The monoisotopic (exact) mass is 501 g/mol. The van der Waals surface area contributed by atoms with Gasteiger partial charge in [-0.3, -0.25) is 9.59 Å². The Labute approximate surface area is 208 Å². The summed E-state index contributed by atoms with van der Waals surface area (Å²) < 4.78 is 6.94. The van der Waals surface area contributed by atoms with Gasteiger partial charge in [-0.05, 0) is 48.7 Å². The Morgan fingerprint density at radius 2 is 1.82 bits per heavy atom. The molecule has 0 radical (unpaired) electrons. The van der Waals surface area contributed by atoms with Crippen LogP contribution in [0.1, 0.15) is 42.5 Å². The number of amides is 2. The number of aromatic nitrogens is 3. The van der Waals surface area contributed by atoms with E-state index in [0.717, 1.165) is 5.75 Å². The predicted octanol–water partition coefficient (Wildman–Crippen LogP) is 4.73. The Kier molecular flexibility index (Phi) is 8.95. The number of methoxy groups -OCH3 is 1. The Morgan fingerprint density at radius 3 is 2.47 bits per heavy atom. The van der Waals surface area contributed by atoms with Crippen LogP contribution in [0.25, 0.3) is 0 Å². The van der Waals surface area contributed by atoms with Gasteiger partial charge in [0.25, 0.3) is 5.91 Å². The Balaban J connectivity index is 1.67. The standard InChI is InChI=1S/C24H28ClN5O3S/c1-15(2)13-20(27-23(32)18-7-5-6-8-19(18)25)22-28-29-24(30(22)3)34-14-21(31)26-16-9-11-17(33-4)12-10-16/h5-12,15,20H,13-14H2,1-4H3,(H,26,31)(H,27,32). The number of rotatable bonds is 10. The fourth-order valence-corrected chi connectivity index (χ4v) is 4.28. The van der Waals surface area contributed by atoms with Gasteiger partial charge in [0.15, 0.2) is 11.0 Å². The first kappa shape index (κ1) is 25.6. The molecule has 0 saturated heterocycles. The number of anilines is 1. The van der Waals surface area contributed by atoms with Crippen LogP contribution in [0, 0.1) is 5.92 Å². The lowest BCUT2D eigenvalue weighted by atomic mass is 10.0. The quantitative estimate of drug-likeness (QED) is 0.390. The third-order valence-electron chi connectivity index (χ3n) is 5.02. The fraction of sp³-hybridized carbons (Fsp3) is 0.333. The summed E-state index contributed by atoms with van der Waals surface area (Å²) in [7, 11) is 3.42. The van der Waals surface area contributed by atoms with E-state index in [-0.39, 0.29) is 23.6 Å². The van der Waals surface area contributed by atoms with Crippen molar-refractivity contribution < 1.29 is 14.3 Å². The summed E-state index contributed by atoms with van der Waals surface area (Å²) in [4.78, 5) is 25.2. The Hall–Kier alpha value is -3.04. The number of hydrogen-bond acceptors (Lipinski definition) is 6. The molecule has 0 fully saturated rings. The average molecular weight is 502 g/mol. The van der Waals surface area contributed by atoms with Crippen molar-refractivity contribution in [1.29, 1.82) is 0 Å². The molecule has 0 aliphatic carbocycles. The summed E-state index contributed by atoms with van der Waals surface area (Å²) in [5, 5.41) is 15.4. The van der Waals surface area contributed by atoms with E-state index in [1.54, 1.807) is 55.6 Å². The highest BCUT2D eigenvalue weighted by Crippen LogP contribution is 2.25. The lowest BCUT2D eigenvalue weighted by Crippen LogP contribution is -2.31. The second kappa shape index (κ2) is 11.9. The Morgan fingerprint density at radius 1 is 1.12 bits per heavy atom. The van der Waals surface area contributed by atoms with Crippen LogP contribution >= 0.6 is 23.4 Å². The number of hydrogen-bond donors (Lipinski definition) is 2. The van der Waals surface area contributed by atoms with Crippen molar-refractivity contribution in [2.75, 3.05) is 18.2 Å². The maximum absolute atomic E-state index is 12.9. The zero-order valence-electron chi connectivity index (χ0n) is 19.5. The SMILES string of the molecule is COc1ccc(NC(=O)CSc2nnc(C(CC(C)C)NC(=O)c3ccccc3Cl)n2C)cc1. The zero-order chi connectivity index (χ0) is 24.7. The number of thioether (sulfide) groups is 1. The molecule has 1 unspecified atom stereocenters. The highest BCUT2D eigenvalue weighted by Gasteiger charge is 2.24. The molecule has 1 aromatic heterocycles. The molecule has 1 heterocycles. The summed E-state index contributed by atoms with van der Waals surface area (Å²) >= 11 is 7.47. The first-order chi connectivity index (χ1) is 16.3. The van der Waals surface area contributed by atoms with E-state index < -0.39 is 0 Å². The van der Waals surface area contributed by atoms with Crippen LogP contribution < -0.4 is 15.4 Å². The van der Waals surface area contributed by atoms with Crippen LogP contribution in [-0.4, -0.2) is 39.4 Å². The molecule has 0 spiro atoms. The smallest absolute Gasteiger partial charge is 0.253 e. The second-order valence-electron chi connectivity index (χ2n) is 8.10. The number of carbonyl (C=O) groups excluding carboxylic acids is 2. The van der Waals surface area contributed by atoms with E-state index >= 15 is 0 Å². The molecule has 3 rings (SSSR count). The van der Waals surface area contributed by atoms with E-state index in [0.29, 0.717) is 39.6 Å². The van der Waals surface area contributed by atoms with Gasteiger partial charge in [-0.2, -0.15) is 0 Å². The van der Waals surface area contributed by atoms with E-state index in [9.17, 15) is 9.59 Å². The molecule has 3 aromatic rings. The lowest BCUT2D eigenvalue weighted by molar-refractivity contribution is -0.113. The molecule has 0 aliphatic rings. The molecule has 0 aliphatic heterocycles. The highest BCUT2D eigenvalue weighted by atomic mass is 35.5. The van der Waals surface area contributed by atoms with Crippen molar-refractivity contribution in [3.05, 3.63) is 64.9 Å². The number of carbonyl (C=O) groups is 2. The first-order valence-corrected chi connectivity index (χ1v) is 12.2. The summed E-state index contributed by atoms with van der Waals surface area (Å²) in [6.45, 7) is 4.15. The first-order valence-electron chi connectivity index (χ1n) is 10.8. The molecule has 10 heteroatoms. The summed E-state index contributed by atoms with van der Waals surface area (Å²) in [5.74, 6) is 1.37. The number of ether oxygens (including phenoxy) is 1. The molecule has 0 bridgehead atoms. The lowest BCUT2D eigenvalue weighted by Gasteiger charge is -2.20. The molecule has 34 heavy (non-hydrogen) atoms. The van der Waals surface area contributed by atoms with E-state index in [1.165, 1.54) is 11.8 Å². The molecular weight excluding hydrogens is 474 g/mol. The minimum atomic E-state index is -0.358. The molecule has 2 N–H and O–H groups in total. The molecular formula is C24H28ClN5O3S. The van der Waals surface area contributed by atoms with Crippen LogP contribution in [0.15, 0.2) is 53.7 Å². The fourth-order valence-electron chi connectivity index (χ4n) is 3.34. The largest absolute Gasteiger partial charge is 0.497 e. The van der Waals surface area contributed by atoms with Gasteiger partial charge in [-0.15, -0.1) is 10.2 Å². The molecule has 0 saturated carbocycles. The van der Waals surface area contributed by atoms with Crippen molar-refractivity contribution >= 4 is 40.9 Å². The van der Waals surface area contributed by atoms with Crippen molar-refractivity contribution in [2.24, 2.45) is 13.0 Å². The summed E-state index contributed by atoms with van der Waals surface area (Å²) in [6, 6.07) is 13.7. The summed E-state index contributed by atoms with van der Waals surface area (Å²) in [5.41, 5.74) is 1.09. The van der Waals surface area contributed by atoms with Gasteiger partial charge in [0.2, 0.25) is 5.91 Å². The normalized spacial score (nSPS) is 11.8. The van der Waals surface area contributed by atoms with Crippen molar-refractivity contribution in [2.45, 2.75) is 31.5 Å². The second-order valence-corrected chi connectivity index (χ2v) is 9.45. The topological polar surface area (TPSA) is 98.1 Å². The number of nitrogens with zero attached hydrogens (tertiary/aromatic N) is 3. The van der Waals surface area contributed by atoms with Gasteiger partial charge in [-0.25, -0.2) is 0 Å². The molecule has 2 amide bonds. The maximum Gasteiger partial charge on any atom is 0.253 e. The van der Waals surface area contributed by atoms with Gasteiger partial charge in [0.1, 0.15) is 5.75 Å². The van der Waals surface area contributed by atoms with Crippen LogP contribution in [-0.2, 0) is 11.8 Å². The number of nitrogens with one attached hydrogen (secondary N) is 2. The molecule has 1 atom stereocenters. The van der Waals surface area contributed by atoms with Crippen LogP contribution in [0.5, 0.6) is 5.75 Å². The number of halogens is 1. The van der Waals surface area contributed by atoms with Crippen LogP contribution in [0.2, 0.25) is 5.02 Å². The highest BCUT2D eigenvalue weighted by molar-refractivity contribution is 7.99. The van der Waals surface area contributed by atoms with E-state index in [2.05, 4.69) is 34.7 Å². The Bertz CT molecular complexity index is 1130. The minimum absolute atomic E-state index is 0.162. The van der Waals surface area contributed by atoms with Gasteiger partial charge < -0.3 is 19.9 Å². The minimum Gasteiger partial charge on any atom is -0.497 e. The maximum atomic E-state index is 12.9. The molecule has 2 aromatic carbocycles. The van der Waals surface area contributed by atoms with Crippen molar-refractivity contribution in [1.82, 2.24) is 20.1 Å². The predicted molar refractivity (Wildman–Crippen MR) is 134 cm³/mol. The number of benzene rings is 2. The van der Waals surface area contributed by atoms with Crippen LogP contribution in [0.3, 0.4) is 0 Å². The van der Waals surface area contributed by atoms with Crippen LogP contribution in [0.4, 0.5) is 5.69 Å². The van der Waals surface area contributed by atoms with Crippen molar-refractivity contribution in [3.63, 3.8) is 0 Å². The van der Waals surface area contributed by atoms with E-state index in [4.69, 9.17) is 16.3 Å². The van der Waals surface area contributed by atoms with Gasteiger partial charge in [0, 0.05) is 12.7 Å². The average Bonchev–Trinajstić information content (AvgIpc) is 3.18.